The fourth-order valence-electron chi connectivity index (χ4n) is 2.63. The Morgan fingerprint density at radius 2 is 1.79 bits per heavy atom. The molecular formula is C14H31IN4. The van der Waals surface area contributed by atoms with Gasteiger partial charge in [0.1, 0.15) is 0 Å². The van der Waals surface area contributed by atoms with Crippen molar-refractivity contribution in [2.24, 2.45) is 4.99 Å². The van der Waals surface area contributed by atoms with Gasteiger partial charge in [-0.25, -0.2) is 0 Å². The molecule has 4 nitrogen and oxygen atoms in total. The van der Waals surface area contributed by atoms with E-state index < -0.39 is 0 Å². The Hall–Kier alpha value is -0.0400. The third-order valence-corrected chi connectivity index (χ3v) is 3.60. The summed E-state index contributed by atoms with van der Waals surface area (Å²) in [5.74, 6) is 1.06. The highest BCUT2D eigenvalue weighted by Gasteiger charge is 2.17. The summed E-state index contributed by atoms with van der Waals surface area (Å²) >= 11 is 0. The van der Waals surface area contributed by atoms with Gasteiger partial charge >= 0.3 is 0 Å². The number of nitrogens with zero attached hydrogens (tertiary/aromatic N) is 4. The SMILES string of the molecule is CC1CCCCN1CCCN=C(N(C)C)N(C)C.I. The molecule has 0 aromatic rings. The van der Waals surface area contributed by atoms with Crippen molar-refractivity contribution >= 4 is 29.9 Å². The molecule has 1 atom stereocenters. The first kappa shape index (κ1) is 19.0. The van der Waals surface area contributed by atoms with Crippen LogP contribution in [0.1, 0.15) is 32.6 Å². The minimum absolute atomic E-state index is 0. The molecule has 1 unspecified atom stereocenters. The Kier molecular flexibility index (Phi) is 9.78. The summed E-state index contributed by atoms with van der Waals surface area (Å²) in [7, 11) is 8.19. The Labute approximate surface area is 136 Å². The molecule has 5 heteroatoms. The second-order valence-electron chi connectivity index (χ2n) is 5.70. The van der Waals surface area contributed by atoms with Crippen molar-refractivity contribution in [1.29, 1.82) is 0 Å². The highest BCUT2D eigenvalue weighted by molar-refractivity contribution is 14.0. The average molecular weight is 382 g/mol. The van der Waals surface area contributed by atoms with Crippen LogP contribution in [0, 0.1) is 0 Å². The van der Waals surface area contributed by atoms with E-state index in [0.29, 0.717) is 0 Å². The summed E-state index contributed by atoms with van der Waals surface area (Å²) in [5, 5.41) is 0. The minimum atomic E-state index is 0. The summed E-state index contributed by atoms with van der Waals surface area (Å²) in [6.45, 7) is 5.75. The zero-order valence-electron chi connectivity index (χ0n) is 13.2. The second-order valence-corrected chi connectivity index (χ2v) is 5.70. The van der Waals surface area contributed by atoms with Crippen LogP contribution >= 0.6 is 24.0 Å². The van der Waals surface area contributed by atoms with Crippen molar-refractivity contribution in [3.8, 4) is 0 Å². The minimum Gasteiger partial charge on any atom is -0.349 e. The maximum absolute atomic E-state index is 4.67. The van der Waals surface area contributed by atoms with Gasteiger partial charge in [-0.1, -0.05) is 6.42 Å². The van der Waals surface area contributed by atoms with Crippen LogP contribution in [0.15, 0.2) is 4.99 Å². The van der Waals surface area contributed by atoms with Crippen molar-refractivity contribution in [2.75, 3.05) is 47.8 Å². The Bertz CT molecular complexity index is 256. The molecule has 1 aliphatic rings. The fourth-order valence-corrected chi connectivity index (χ4v) is 2.63. The number of hydrogen-bond acceptors (Lipinski definition) is 2. The molecule has 0 aromatic carbocycles. The van der Waals surface area contributed by atoms with Crippen molar-refractivity contribution in [2.45, 2.75) is 38.6 Å². The largest absolute Gasteiger partial charge is 0.349 e. The molecule has 1 saturated heterocycles. The molecule has 1 fully saturated rings. The quantitative estimate of drug-likeness (QED) is 0.323. The molecule has 0 aromatic heterocycles. The van der Waals surface area contributed by atoms with Crippen LogP contribution in [0.3, 0.4) is 0 Å². The van der Waals surface area contributed by atoms with Gasteiger partial charge < -0.3 is 14.7 Å². The normalized spacial score (nSPS) is 19.5. The van der Waals surface area contributed by atoms with E-state index in [-0.39, 0.29) is 24.0 Å². The van der Waals surface area contributed by atoms with Crippen LogP contribution in [0.4, 0.5) is 0 Å². The summed E-state index contributed by atoms with van der Waals surface area (Å²) in [5.41, 5.74) is 0. The van der Waals surface area contributed by atoms with Crippen molar-refractivity contribution in [3.63, 3.8) is 0 Å². The van der Waals surface area contributed by atoms with E-state index in [1.807, 2.05) is 28.2 Å². The maximum atomic E-state index is 4.67. The Balaban J connectivity index is 0.00000324. The number of guanidine groups is 1. The van der Waals surface area contributed by atoms with Gasteiger partial charge in [0.15, 0.2) is 5.96 Å². The van der Waals surface area contributed by atoms with E-state index in [2.05, 4.69) is 26.6 Å². The summed E-state index contributed by atoms with van der Waals surface area (Å²) in [6.07, 6.45) is 5.30. The van der Waals surface area contributed by atoms with Gasteiger partial charge in [-0.05, 0) is 32.7 Å². The van der Waals surface area contributed by atoms with Gasteiger partial charge in [-0.3, -0.25) is 4.99 Å². The number of aliphatic imine (C=N–C) groups is 1. The molecule has 0 bridgehead atoms. The molecule has 1 aliphatic heterocycles. The average Bonchev–Trinajstić information content (AvgIpc) is 2.30. The van der Waals surface area contributed by atoms with Crippen LogP contribution < -0.4 is 0 Å². The van der Waals surface area contributed by atoms with Gasteiger partial charge in [0.2, 0.25) is 0 Å². The molecule has 0 amide bonds. The molecule has 1 heterocycles. The summed E-state index contributed by atoms with van der Waals surface area (Å²) in [6, 6.07) is 0.768. The fraction of sp³-hybridized carbons (Fsp3) is 0.929. The maximum Gasteiger partial charge on any atom is 0.195 e. The van der Waals surface area contributed by atoms with E-state index in [1.165, 1.54) is 32.4 Å². The highest BCUT2D eigenvalue weighted by atomic mass is 127. The third kappa shape index (κ3) is 6.79. The second kappa shape index (κ2) is 9.80. The van der Waals surface area contributed by atoms with E-state index >= 15 is 0 Å². The summed E-state index contributed by atoms with van der Waals surface area (Å²) in [4.78, 5) is 11.4. The molecule has 0 radical (unpaired) electrons. The van der Waals surface area contributed by atoms with Crippen molar-refractivity contribution in [1.82, 2.24) is 14.7 Å². The van der Waals surface area contributed by atoms with Crippen LogP contribution in [0.2, 0.25) is 0 Å². The lowest BCUT2D eigenvalue weighted by Gasteiger charge is -2.33. The Morgan fingerprint density at radius 3 is 2.32 bits per heavy atom. The topological polar surface area (TPSA) is 22.1 Å². The smallest absolute Gasteiger partial charge is 0.195 e. The van der Waals surface area contributed by atoms with E-state index in [0.717, 1.165) is 25.0 Å². The molecule has 0 spiro atoms. The number of rotatable bonds is 4. The van der Waals surface area contributed by atoms with Crippen molar-refractivity contribution < 1.29 is 0 Å². The third-order valence-electron chi connectivity index (χ3n) is 3.60. The first-order valence-electron chi connectivity index (χ1n) is 7.15. The van der Waals surface area contributed by atoms with Gasteiger partial charge in [0.25, 0.3) is 0 Å². The van der Waals surface area contributed by atoms with Crippen LogP contribution in [-0.4, -0.2) is 74.5 Å². The first-order valence-corrected chi connectivity index (χ1v) is 7.15. The molecule has 0 saturated carbocycles. The lowest BCUT2D eigenvalue weighted by Crippen LogP contribution is -2.38. The number of likely N-dealkylation sites (tertiary alicyclic amines) is 1. The molecule has 19 heavy (non-hydrogen) atoms. The van der Waals surface area contributed by atoms with Crippen LogP contribution in [0.25, 0.3) is 0 Å². The Morgan fingerprint density at radius 1 is 1.16 bits per heavy atom. The van der Waals surface area contributed by atoms with Gasteiger partial charge in [0.05, 0.1) is 0 Å². The molecule has 0 aliphatic carbocycles. The lowest BCUT2D eigenvalue weighted by molar-refractivity contribution is 0.160. The molecule has 114 valence electrons. The number of hydrogen-bond donors (Lipinski definition) is 0. The zero-order valence-corrected chi connectivity index (χ0v) is 15.6. The van der Waals surface area contributed by atoms with Crippen molar-refractivity contribution in [3.05, 3.63) is 0 Å². The summed E-state index contributed by atoms with van der Waals surface area (Å²) < 4.78 is 0. The standard InChI is InChI=1S/C14H30N4.HI/c1-13-9-6-7-11-18(13)12-8-10-15-14(16(2)3)17(4)5;/h13H,6-12H2,1-5H3;1H. The number of piperidine rings is 1. The predicted octanol–water partition coefficient (Wildman–Crippen LogP) is 2.35. The zero-order chi connectivity index (χ0) is 13.5. The molecule has 0 N–H and O–H groups in total. The lowest BCUT2D eigenvalue weighted by atomic mass is 10.0. The van der Waals surface area contributed by atoms with Gasteiger partial charge in [0, 0.05) is 47.3 Å². The van der Waals surface area contributed by atoms with E-state index in [1.54, 1.807) is 0 Å². The highest BCUT2D eigenvalue weighted by Crippen LogP contribution is 2.16. The van der Waals surface area contributed by atoms with Gasteiger partial charge in [-0.2, -0.15) is 0 Å². The molecule has 1 rings (SSSR count). The molecular weight excluding hydrogens is 351 g/mol. The van der Waals surface area contributed by atoms with Gasteiger partial charge in [-0.15, -0.1) is 24.0 Å². The van der Waals surface area contributed by atoms with Crippen LogP contribution in [0.5, 0.6) is 0 Å². The monoisotopic (exact) mass is 382 g/mol. The van der Waals surface area contributed by atoms with E-state index in [9.17, 15) is 0 Å². The first-order chi connectivity index (χ1) is 8.52. The number of halogens is 1. The predicted molar refractivity (Wildman–Crippen MR) is 94.6 cm³/mol. The van der Waals surface area contributed by atoms with Crippen LogP contribution in [-0.2, 0) is 0 Å². The van der Waals surface area contributed by atoms with E-state index in [4.69, 9.17) is 0 Å².